The quantitative estimate of drug-likeness (QED) is 0.771. The number of para-hydroxylation sites is 1. The van der Waals surface area contributed by atoms with Gasteiger partial charge in [0.15, 0.2) is 0 Å². The molecule has 0 radical (unpaired) electrons. The van der Waals surface area contributed by atoms with E-state index < -0.39 is 0 Å². The van der Waals surface area contributed by atoms with Crippen LogP contribution in [0.4, 0.5) is 5.69 Å². The molecule has 20 heavy (non-hydrogen) atoms. The van der Waals surface area contributed by atoms with Crippen LogP contribution in [0.25, 0.3) is 5.65 Å². The minimum absolute atomic E-state index is 0.131. The van der Waals surface area contributed by atoms with Crippen LogP contribution in [0.1, 0.15) is 5.69 Å². The van der Waals surface area contributed by atoms with E-state index in [1.165, 1.54) is 0 Å². The first-order valence-electron chi connectivity index (χ1n) is 6.70. The Morgan fingerprint density at radius 3 is 2.65 bits per heavy atom. The lowest BCUT2D eigenvalue weighted by Gasteiger charge is -2.23. The molecule has 0 amide bonds. The van der Waals surface area contributed by atoms with Crippen molar-refractivity contribution in [3.05, 3.63) is 66.6 Å². The van der Waals surface area contributed by atoms with Crippen molar-refractivity contribution in [1.82, 2.24) is 9.38 Å². The number of pyridine rings is 1. The Balaban J connectivity index is 1.90. The Labute approximate surface area is 117 Å². The van der Waals surface area contributed by atoms with Crippen molar-refractivity contribution in [3.8, 4) is 0 Å². The minimum atomic E-state index is 0.131. The first-order valence-corrected chi connectivity index (χ1v) is 6.70. The number of aromatic nitrogens is 2. The molecule has 1 aromatic carbocycles. The largest absolute Gasteiger partial charge is 0.395 e. The summed E-state index contributed by atoms with van der Waals surface area (Å²) >= 11 is 0. The molecule has 2 heterocycles. The van der Waals surface area contributed by atoms with E-state index in [0.717, 1.165) is 23.6 Å². The Morgan fingerprint density at radius 1 is 1.05 bits per heavy atom. The zero-order valence-electron chi connectivity index (χ0n) is 11.2. The molecule has 2 aromatic heterocycles. The first kappa shape index (κ1) is 12.7. The Bertz CT molecular complexity index is 678. The van der Waals surface area contributed by atoms with Gasteiger partial charge >= 0.3 is 0 Å². The predicted molar refractivity (Wildman–Crippen MR) is 79.8 cm³/mol. The predicted octanol–water partition coefficient (Wildman–Crippen LogP) is 2.33. The second-order valence-electron chi connectivity index (χ2n) is 4.66. The fourth-order valence-corrected chi connectivity index (χ4v) is 2.36. The summed E-state index contributed by atoms with van der Waals surface area (Å²) in [5, 5.41) is 9.28. The van der Waals surface area contributed by atoms with Gasteiger partial charge in [-0.3, -0.25) is 0 Å². The summed E-state index contributed by atoms with van der Waals surface area (Å²) in [4.78, 5) is 6.55. The van der Waals surface area contributed by atoms with E-state index >= 15 is 0 Å². The third-order valence-electron chi connectivity index (χ3n) is 3.34. The van der Waals surface area contributed by atoms with Gasteiger partial charge in [-0.2, -0.15) is 0 Å². The molecule has 0 fully saturated rings. The number of fused-ring (bicyclic) bond motifs is 1. The van der Waals surface area contributed by atoms with Gasteiger partial charge in [0.25, 0.3) is 0 Å². The van der Waals surface area contributed by atoms with Gasteiger partial charge in [-0.15, -0.1) is 0 Å². The highest BCUT2D eigenvalue weighted by Crippen LogP contribution is 2.17. The number of rotatable bonds is 5. The van der Waals surface area contributed by atoms with Gasteiger partial charge < -0.3 is 14.4 Å². The number of imidazole rings is 1. The van der Waals surface area contributed by atoms with E-state index in [9.17, 15) is 5.11 Å². The fraction of sp³-hybridized carbons (Fsp3) is 0.188. The molecule has 0 saturated carbocycles. The second kappa shape index (κ2) is 5.75. The van der Waals surface area contributed by atoms with Crippen molar-refractivity contribution in [2.75, 3.05) is 18.1 Å². The van der Waals surface area contributed by atoms with Gasteiger partial charge in [0.2, 0.25) is 0 Å². The Morgan fingerprint density at radius 2 is 1.85 bits per heavy atom. The number of aliphatic hydroxyl groups is 1. The molecule has 0 atom stereocenters. The van der Waals surface area contributed by atoms with Gasteiger partial charge in [-0.1, -0.05) is 24.3 Å². The first-order chi connectivity index (χ1) is 9.88. The zero-order chi connectivity index (χ0) is 13.8. The number of aliphatic hydroxyl groups excluding tert-OH is 1. The summed E-state index contributed by atoms with van der Waals surface area (Å²) in [7, 11) is 0. The number of hydrogen-bond donors (Lipinski definition) is 1. The van der Waals surface area contributed by atoms with Crippen molar-refractivity contribution in [2.45, 2.75) is 6.54 Å². The lowest BCUT2D eigenvalue weighted by Crippen LogP contribution is -2.26. The monoisotopic (exact) mass is 267 g/mol. The summed E-state index contributed by atoms with van der Waals surface area (Å²) in [6, 6.07) is 16.1. The molecule has 0 aliphatic rings. The SMILES string of the molecule is OCCN(Cc1cnc2ccccn12)c1ccccc1. The molecule has 3 rings (SSSR count). The van der Waals surface area contributed by atoms with Crippen LogP contribution in [-0.4, -0.2) is 27.6 Å². The van der Waals surface area contributed by atoms with Crippen LogP contribution in [0.2, 0.25) is 0 Å². The molecule has 0 bridgehead atoms. The normalized spacial score (nSPS) is 10.8. The maximum Gasteiger partial charge on any atom is 0.136 e. The van der Waals surface area contributed by atoms with Crippen LogP contribution >= 0.6 is 0 Å². The van der Waals surface area contributed by atoms with Gasteiger partial charge in [-0.25, -0.2) is 4.98 Å². The van der Waals surface area contributed by atoms with Crippen LogP contribution in [-0.2, 0) is 6.54 Å². The number of hydrogen-bond acceptors (Lipinski definition) is 3. The van der Waals surface area contributed by atoms with E-state index in [1.54, 1.807) is 0 Å². The number of nitrogens with zero attached hydrogens (tertiary/aromatic N) is 3. The van der Waals surface area contributed by atoms with Crippen molar-refractivity contribution < 1.29 is 5.11 Å². The molecule has 0 aliphatic carbocycles. The van der Waals surface area contributed by atoms with Crippen LogP contribution < -0.4 is 4.90 Å². The lowest BCUT2D eigenvalue weighted by atomic mass is 10.2. The fourth-order valence-electron chi connectivity index (χ4n) is 2.36. The average molecular weight is 267 g/mol. The smallest absolute Gasteiger partial charge is 0.136 e. The van der Waals surface area contributed by atoms with Crippen molar-refractivity contribution >= 4 is 11.3 Å². The van der Waals surface area contributed by atoms with Crippen LogP contribution in [0.3, 0.4) is 0 Å². The third-order valence-corrected chi connectivity index (χ3v) is 3.34. The maximum atomic E-state index is 9.28. The van der Waals surface area contributed by atoms with E-state index in [4.69, 9.17) is 0 Å². The summed E-state index contributed by atoms with van der Waals surface area (Å²) in [5.41, 5.74) is 3.16. The van der Waals surface area contributed by atoms with Gasteiger partial charge in [-0.05, 0) is 24.3 Å². The van der Waals surface area contributed by atoms with Crippen molar-refractivity contribution in [3.63, 3.8) is 0 Å². The van der Waals surface area contributed by atoms with Crippen LogP contribution in [0.15, 0.2) is 60.9 Å². The van der Waals surface area contributed by atoms with Crippen molar-refractivity contribution in [2.24, 2.45) is 0 Å². The van der Waals surface area contributed by atoms with Gasteiger partial charge in [0, 0.05) is 18.4 Å². The molecular weight excluding hydrogens is 250 g/mol. The van der Waals surface area contributed by atoms with E-state index in [2.05, 4.69) is 26.4 Å². The van der Waals surface area contributed by atoms with Crippen molar-refractivity contribution in [1.29, 1.82) is 0 Å². The molecule has 0 unspecified atom stereocenters. The van der Waals surface area contributed by atoms with E-state index in [-0.39, 0.29) is 6.61 Å². The van der Waals surface area contributed by atoms with E-state index in [1.807, 2.05) is 48.8 Å². The Kier molecular flexibility index (Phi) is 3.65. The van der Waals surface area contributed by atoms with Crippen LogP contribution in [0.5, 0.6) is 0 Å². The zero-order valence-corrected chi connectivity index (χ0v) is 11.2. The molecule has 4 heteroatoms. The third kappa shape index (κ3) is 2.51. The average Bonchev–Trinajstić information content (AvgIpc) is 2.91. The highest BCUT2D eigenvalue weighted by Gasteiger charge is 2.09. The molecule has 0 saturated heterocycles. The molecule has 0 aliphatic heterocycles. The highest BCUT2D eigenvalue weighted by molar-refractivity contribution is 5.47. The molecule has 1 N–H and O–H groups in total. The Hall–Kier alpha value is -2.33. The lowest BCUT2D eigenvalue weighted by molar-refractivity contribution is 0.301. The highest BCUT2D eigenvalue weighted by atomic mass is 16.3. The van der Waals surface area contributed by atoms with Gasteiger partial charge in [0.1, 0.15) is 5.65 Å². The second-order valence-corrected chi connectivity index (χ2v) is 4.66. The summed E-state index contributed by atoms with van der Waals surface area (Å²) in [6.07, 6.45) is 3.91. The topological polar surface area (TPSA) is 40.8 Å². The number of benzene rings is 1. The summed E-state index contributed by atoms with van der Waals surface area (Å²) in [5.74, 6) is 0. The molecule has 3 aromatic rings. The molecular formula is C16H17N3O. The van der Waals surface area contributed by atoms with Gasteiger partial charge in [0.05, 0.1) is 25.0 Å². The maximum absolute atomic E-state index is 9.28. The number of anilines is 1. The van der Waals surface area contributed by atoms with Crippen LogP contribution in [0, 0.1) is 0 Å². The molecule has 4 nitrogen and oxygen atoms in total. The van der Waals surface area contributed by atoms with E-state index in [0.29, 0.717) is 6.54 Å². The summed E-state index contributed by atoms with van der Waals surface area (Å²) in [6.45, 7) is 1.45. The summed E-state index contributed by atoms with van der Waals surface area (Å²) < 4.78 is 2.08. The standard InChI is InChI=1S/C16H17N3O/c20-11-10-18(14-6-2-1-3-7-14)13-15-12-17-16-8-4-5-9-19(15)16/h1-9,12,20H,10-11,13H2. The minimum Gasteiger partial charge on any atom is -0.395 e. The molecule has 102 valence electrons. The molecule has 0 spiro atoms.